The number of methoxy groups -OCH3 is 1. The van der Waals surface area contributed by atoms with Crippen LogP contribution in [-0.4, -0.2) is 20.1 Å². The third kappa shape index (κ3) is 5.36. The number of hydrogen-bond acceptors (Lipinski definition) is 5. The SMILES string of the molecule is C=C(NOC)c1ccc(OCc2ccccc2C(=CC(N)=O)OC)c(C)c1. The molecule has 142 valence electrons. The van der Waals surface area contributed by atoms with Gasteiger partial charge < -0.3 is 15.2 Å². The second-order valence-corrected chi connectivity index (χ2v) is 5.83. The number of carbonyl (C=O) groups excluding carboxylic acids is 1. The summed E-state index contributed by atoms with van der Waals surface area (Å²) in [6, 6.07) is 13.3. The minimum atomic E-state index is -0.570. The molecule has 2 rings (SSSR count). The van der Waals surface area contributed by atoms with Crippen molar-refractivity contribution in [3.05, 3.63) is 77.4 Å². The summed E-state index contributed by atoms with van der Waals surface area (Å²) in [5, 5.41) is 0. The molecule has 2 aromatic rings. The van der Waals surface area contributed by atoms with E-state index in [4.69, 9.17) is 20.0 Å². The molecule has 0 radical (unpaired) electrons. The molecule has 3 N–H and O–H groups in total. The molecule has 6 heteroatoms. The Balaban J connectivity index is 2.20. The predicted molar refractivity (Wildman–Crippen MR) is 105 cm³/mol. The van der Waals surface area contributed by atoms with Crippen molar-refractivity contribution in [3.63, 3.8) is 0 Å². The molecule has 0 saturated carbocycles. The minimum absolute atomic E-state index is 0.313. The summed E-state index contributed by atoms with van der Waals surface area (Å²) >= 11 is 0. The normalized spacial score (nSPS) is 11.0. The monoisotopic (exact) mass is 368 g/mol. The average Bonchev–Trinajstić information content (AvgIpc) is 2.65. The van der Waals surface area contributed by atoms with Crippen molar-refractivity contribution in [2.24, 2.45) is 5.73 Å². The van der Waals surface area contributed by atoms with Crippen molar-refractivity contribution in [2.75, 3.05) is 14.2 Å². The maximum absolute atomic E-state index is 11.2. The highest BCUT2D eigenvalue weighted by Gasteiger charge is 2.11. The second-order valence-electron chi connectivity index (χ2n) is 5.83. The molecule has 0 spiro atoms. The molecule has 27 heavy (non-hydrogen) atoms. The van der Waals surface area contributed by atoms with Gasteiger partial charge in [0.25, 0.3) is 0 Å². The molecule has 0 saturated heterocycles. The molecule has 0 aromatic heterocycles. The highest BCUT2D eigenvalue weighted by molar-refractivity contribution is 5.92. The number of rotatable bonds is 9. The number of nitrogens with one attached hydrogen (secondary N) is 1. The van der Waals surface area contributed by atoms with Crippen molar-refractivity contribution in [3.8, 4) is 5.75 Å². The van der Waals surface area contributed by atoms with Gasteiger partial charge in [-0.05, 0) is 36.2 Å². The molecule has 0 atom stereocenters. The van der Waals surface area contributed by atoms with Crippen LogP contribution in [0.15, 0.2) is 55.1 Å². The average molecular weight is 368 g/mol. The zero-order valence-corrected chi connectivity index (χ0v) is 15.7. The van der Waals surface area contributed by atoms with Crippen LogP contribution in [-0.2, 0) is 21.0 Å². The number of hydrogen-bond donors (Lipinski definition) is 2. The van der Waals surface area contributed by atoms with Gasteiger partial charge >= 0.3 is 0 Å². The molecule has 0 heterocycles. The fourth-order valence-corrected chi connectivity index (χ4v) is 2.60. The Morgan fingerprint density at radius 2 is 1.96 bits per heavy atom. The van der Waals surface area contributed by atoms with Crippen LogP contribution >= 0.6 is 0 Å². The van der Waals surface area contributed by atoms with Crippen LogP contribution in [0.3, 0.4) is 0 Å². The third-order valence-electron chi connectivity index (χ3n) is 3.91. The van der Waals surface area contributed by atoms with E-state index < -0.39 is 5.91 Å². The highest BCUT2D eigenvalue weighted by atomic mass is 16.6. The van der Waals surface area contributed by atoms with E-state index in [1.54, 1.807) is 0 Å². The van der Waals surface area contributed by atoms with Gasteiger partial charge in [0.15, 0.2) is 0 Å². The van der Waals surface area contributed by atoms with Crippen molar-refractivity contribution in [2.45, 2.75) is 13.5 Å². The standard InChI is InChI=1S/C21H24N2O4/c1-14-11-16(15(2)23-26-4)9-10-19(14)27-13-17-7-5-6-8-18(17)20(25-3)12-21(22)24/h5-12,23H,2,13H2,1,3-4H3,(H2,22,24). The van der Waals surface area contributed by atoms with Gasteiger partial charge in [0.2, 0.25) is 5.91 Å². The van der Waals surface area contributed by atoms with Crippen molar-refractivity contribution in [1.82, 2.24) is 5.48 Å². The van der Waals surface area contributed by atoms with E-state index in [1.807, 2.05) is 49.4 Å². The highest BCUT2D eigenvalue weighted by Crippen LogP contribution is 2.25. The lowest BCUT2D eigenvalue weighted by atomic mass is 10.1. The van der Waals surface area contributed by atoms with E-state index in [0.29, 0.717) is 18.1 Å². The third-order valence-corrected chi connectivity index (χ3v) is 3.91. The van der Waals surface area contributed by atoms with E-state index in [2.05, 4.69) is 12.1 Å². The smallest absolute Gasteiger partial charge is 0.245 e. The predicted octanol–water partition coefficient (Wildman–Crippen LogP) is 3.17. The van der Waals surface area contributed by atoms with Gasteiger partial charge in [0, 0.05) is 17.2 Å². The fraction of sp³-hybridized carbons (Fsp3) is 0.190. The largest absolute Gasteiger partial charge is 0.496 e. The van der Waals surface area contributed by atoms with Gasteiger partial charge in [-0.15, -0.1) is 0 Å². The van der Waals surface area contributed by atoms with Crippen LogP contribution < -0.4 is 16.0 Å². The Kier molecular flexibility index (Phi) is 7.02. The maximum Gasteiger partial charge on any atom is 0.245 e. The van der Waals surface area contributed by atoms with Crippen LogP contribution in [0.5, 0.6) is 5.75 Å². The van der Waals surface area contributed by atoms with Crippen molar-refractivity contribution in [1.29, 1.82) is 0 Å². The Hall–Kier alpha value is -3.25. The van der Waals surface area contributed by atoms with Crippen molar-refractivity contribution < 1.29 is 19.1 Å². The molecule has 1 amide bonds. The maximum atomic E-state index is 11.2. The molecule has 0 fully saturated rings. The number of amides is 1. The summed E-state index contributed by atoms with van der Waals surface area (Å²) in [5.41, 5.74) is 12.1. The summed E-state index contributed by atoms with van der Waals surface area (Å²) in [6.45, 7) is 6.18. The van der Waals surface area contributed by atoms with E-state index in [1.165, 1.54) is 20.3 Å². The lowest BCUT2D eigenvalue weighted by molar-refractivity contribution is -0.113. The van der Waals surface area contributed by atoms with Crippen molar-refractivity contribution >= 4 is 17.4 Å². The second kappa shape index (κ2) is 9.45. The minimum Gasteiger partial charge on any atom is -0.496 e. The molecule has 0 bridgehead atoms. The van der Waals surface area contributed by atoms with Crippen LogP contribution in [0, 0.1) is 6.92 Å². The molecule has 2 aromatic carbocycles. The zero-order chi connectivity index (χ0) is 19.8. The van der Waals surface area contributed by atoms with Gasteiger partial charge in [-0.1, -0.05) is 30.8 Å². The van der Waals surface area contributed by atoms with E-state index >= 15 is 0 Å². The quantitative estimate of drug-likeness (QED) is 0.404. The van der Waals surface area contributed by atoms with Crippen LogP contribution in [0.4, 0.5) is 0 Å². The summed E-state index contributed by atoms with van der Waals surface area (Å²) in [7, 11) is 3.03. The van der Waals surface area contributed by atoms with Gasteiger partial charge in [0.1, 0.15) is 18.1 Å². The Labute approximate surface area is 159 Å². The number of carbonyl (C=O) groups is 1. The van der Waals surface area contributed by atoms with Gasteiger partial charge in [-0.25, -0.2) is 0 Å². The van der Waals surface area contributed by atoms with E-state index in [9.17, 15) is 4.79 Å². The molecule has 0 aliphatic heterocycles. The first kappa shape index (κ1) is 20.1. The lowest BCUT2D eigenvalue weighted by Crippen LogP contribution is -2.09. The Bertz CT molecular complexity index is 859. The van der Waals surface area contributed by atoms with Gasteiger partial charge in [-0.3, -0.25) is 15.1 Å². The lowest BCUT2D eigenvalue weighted by Gasteiger charge is -2.15. The van der Waals surface area contributed by atoms with Gasteiger partial charge in [0.05, 0.1) is 19.9 Å². The topological polar surface area (TPSA) is 82.8 Å². The summed E-state index contributed by atoms with van der Waals surface area (Å²) < 4.78 is 11.3. The summed E-state index contributed by atoms with van der Waals surface area (Å²) in [5.74, 6) is 0.575. The molecular weight excluding hydrogens is 344 g/mol. The van der Waals surface area contributed by atoms with Crippen LogP contribution in [0.2, 0.25) is 0 Å². The molecule has 0 aliphatic carbocycles. The van der Waals surface area contributed by atoms with Gasteiger partial charge in [-0.2, -0.15) is 0 Å². The summed E-state index contributed by atoms with van der Waals surface area (Å²) in [6.07, 6.45) is 1.26. The van der Waals surface area contributed by atoms with E-state index in [-0.39, 0.29) is 0 Å². The Morgan fingerprint density at radius 1 is 1.22 bits per heavy atom. The zero-order valence-electron chi connectivity index (χ0n) is 15.7. The van der Waals surface area contributed by atoms with Crippen LogP contribution in [0.25, 0.3) is 11.5 Å². The number of benzene rings is 2. The summed E-state index contributed by atoms with van der Waals surface area (Å²) in [4.78, 5) is 16.1. The Morgan fingerprint density at radius 3 is 2.59 bits per heavy atom. The van der Waals surface area contributed by atoms with Crippen LogP contribution in [0.1, 0.15) is 22.3 Å². The molecule has 0 unspecified atom stereocenters. The number of aryl methyl sites for hydroxylation is 1. The molecule has 6 nitrogen and oxygen atoms in total. The number of primary amides is 1. The first-order valence-electron chi connectivity index (χ1n) is 8.31. The number of hydroxylamine groups is 1. The first-order valence-corrected chi connectivity index (χ1v) is 8.31. The fourth-order valence-electron chi connectivity index (χ4n) is 2.60. The van der Waals surface area contributed by atoms with E-state index in [0.717, 1.165) is 28.0 Å². The molecule has 0 aliphatic rings. The number of ether oxygens (including phenoxy) is 2. The first-order chi connectivity index (χ1) is 13.0. The number of nitrogens with two attached hydrogens (primary N) is 1. The molecular formula is C21H24N2O4.